The largest absolute Gasteiger partial charge is 0.341 e. The third kappa shape index (κ3) is 2.63. The lowest BCUT2D eigenvalue weighted by molar-refractivity contribution is -0.132. The van der Waals surface area contributed by atoms with Gasteiger partial charge in [0.15, 0.2) is 0 Å². The maximum atomic E-state index is 11.6. The number of alkyl halides is 1. The van der Waals surface area contributed by atoms with E-state index >= 15 is 0 Å². The van der Waals surface area contributed by atoms with Crippen LogP contribution in [0.25, 0.3) is 0 Å². The van der Waals surface area contributed by atoms with Crippen LogP contribution in [-0.2, 0) is 4.79 Å². The second-order valence-electron chi connectivity index (χ2n) is 4.61. The van der Waals surface area contributed by atoms with Crippen LogP contribution in [0.15, 0.2) is 0 Å². The van der Waals surface area contributed by atoms with Crippen molar-refractivity contribution < 1.29 is 4.79 Å². The molecule has 0 N–H and O–H groups in total. The molecule has 0 aliphatic carbocycles. The van der Waals surface area contributed by atoms with Crippen LogP contribution in [-0.4, -0.2) is 29.3 Å². The zero-order valence-electron chi connectivity index (χ0n) is 9.35. The summed E-state index contributed by atoms with van der Waals surface area (Å²) >= 11 is 5.78. The van der Waals surface area contributed by atoms with E-state index in [1.807, 2.05) is 4.90 Å². The van der Waals surface area contributed by atoms with Gasteiger partial charge in [0, 0.05) is 13.1 Å². The Kier molecular flexibility index (Phi) is 3.82. The van der Waals surface area contributed by atoms with E-state index in [9.17, 15) is 4.79 Å². The number of halogens is 1. The molecule has 1 heterocycles. The molecule has 0 spiro atoms. The number of likely N-dealkylation sites (tertiary alicyclic amines) is 1. The molecule has 1 saturated heterocycles. The Balaban J connectivity index is 2.47. The van der Waals surface area contributed by atoms with Gasteiger partial charge in [0.25, 0.3) is 0 Å². The number of carbonyl (C=O) groups excluding carboxylic acids is 1. The van der Waals surface area contributed by atoms with Crippen LogP contribution in [0.2, 0.25) is 0 Å². The SMILES string of the molecule is CCC1(C)CCN(C(=O)C(C)Cl)CC1. The Labute approximate surface area is 91.6 Å². The third-order valence-corrected chi connectivity index (χ3v) is 3.66. The standard InChI is InChI=1S/C11H20ClNO/c1-4-11(3)5-7-13(8-6-11)10(14)9(2)12/h9H,4-8H2,1-3H3. The van der Waals surface area contributed by atoms with Gasteiger partial charge in [-0.25, -0.2) is 0 Å². The number of piperidine rings is 1. The Morgan fingerprint density at radius 1 is 1.50 bits per heavy atom. The summed E-state index contributed by atoms with van der Waals surface area (Å²) in [6.07, 6.45) is 3.42. The number of nitrogens with zero attached hydrogens (tertiary/aromatic N) is 1. The highest BCUT2D eigenvalue weighted by molar-refractivity contribution is 6.30. The van der Waals surface area contributed by atoms with Gasteiger partial charge >= 0.3 is 0 Å². The van der Waals surface area contributed by atoms with E-state index in [1.165, 1.54) is 6.42 Å². The summed E-state index contributed by atoms with van der Waals surface area (Å²) in [6, 6.07) is 0. The number of hydrogen-bond donors (Lipinski definition) is 0. The van der Waals surface area contributed by atoms with E-state index in [2.05, 4.69) is 13.8 Å². The van der Waals surface area contributed by atoms with Gasteiger partial charge in [-0.2, -0.15) is 0 Å². The van der Waals surface area contributed by atoms with Crippen molar-refractivity contribution in [2.45, 2.75) is 45.4 Å². The van der Waals surface area contributed by atoms with E-state index < -0.39 is 0 Å². The first-order chi connectivity index (χ1) is 6.48. The molecule has 2 nitrogen and oxygen atoms in total. The maximum absolute atomic E-state index is 11.6. The Morgan fingerprint density at radius 2 is 2.00 bits per heavy atom. The molecule has 0 radical (unpaired) electrons. The van der Waals surface area contributed by atoms with Gasteiger partial charge in [-0.3, -0.25) is 4.79 Å². The Morgan fingerprint density at radius 3 is 2.36 bits per heavy atom. The second-order valence-corrected chi connectivity index (χ2v) is 5.26. The summed E-state index contributed by atoms with van der Waals surface area (Å²) in [5.41, 5.74) is 0.437. The maximum Gasteiger partial charge on any atom is 0.240 e. The van der Waals surface area contributed by atoms with Crippen molar-refractivity contribution >= 4 is 17.5 Å². The fourth-order valence-electron chi connectivity index (χ4n) is 1.87. The van der Waals surface area contributed by atoms with Crippen LogP contribution in [0.1, 0.15) is 40.0 Å². The first-order valence-corrected chi connectivity index (χ1v) is 5.85. The van der Waals surface area contributed by atoms with Crippen LogP contribution >= 0.6 is 11.6 Å². The van der Waals surface area contributed by atoms with Gasteiger partial charge in [-0.1, -0.05) is 20.3 Å². The molecule has 1 rings (SSSR count). The number of hydrogen-bond acceptors (Lipinski definition) is 1. The van der Waals surface area contributed by atoms with Crippen molar-refractivity contribution in [3.63, 3.8) is 0 Å². The molecule has 0 saturated carbocycles. The van der Waals surface area contributed by atoms with Crippen molar-refractivity contribution in [3.05, 3.63) is 0 Å². The Hall–Kier alpha value is -0.240. The predicted octanol–water partition coefficient (Wildman–Crippen LogP) is 2.65. The summed E-state index contributed by atoms with van der Waals surface area (Å²) < 4.78 is 0. The molecular weight excluding hydrogens is 198 g/mol. The highest BCUT2D eigenvalue weighted by Crippen LogP contribution is 2.34. The minimum absolute atomic E-state index is 0.0878. The minimum Gasteiger partial charge on any atom is -0.341 e. The van der Waals surface area contributed by atoms with Gasteiger partial charge in [-0.05, 0) is 25.2 Å². The van der Waals surface area contributed by atoms with E-state index in [1.54, 1.807) is 6.92 Å². The second kappa shape index (κ2) is 4.52. The molecule has 14 heavy (non-hydrogen) atoms. The average Bonchev–Trinajstić information content (AvgIpc) is 2.18. The molecule has 3 heteroatoms. The molecule has 1 amide bonds. The molecule has 1 unspecified atom stereocenters. The zero-order valence-corrected chi connectivity index (χ0v) is 10.1. The Bertz CT molecular complexity index is 207. The van der Waals surface area contributed by atoms with Crippen molar-refractivity contribution in [2.75, 3.05) is 13.1 Å². The molecule has 0 aromatic carbocycles. The quantitative estimate of drug-likeness (QED) is 0.652. The monoisotopic (exact) mass is 217 g/mol. The number of amides is 1. The molecule has 0 bridgehead atoms. The average molecular weight is 218 g/mol. The van der Waals surface area contributed by atoms with Gasteiger partial charge in [-0.15, -0.1) is 11.6 Å². The molecule has 0 aromatic rings. The van der Waals surface area contributed by atoms with Gasteiger partial charge < -0.3 is 4.90 Å². The fraction of sp³-hybridized carbons (Fsp3) is 0.909. The first kappa shape index (κ1) is 11.8. The van der Waals surface area contributed by atoms with Gasteiger partial charge in [0.2, 0.25) is 5.91 Å². The molecule has 1 aliphatic heterocycles. The van der Waals surface area contributed by atoms with Crippen molar-refractivity contribution in [1.82, 2.24) is 4.90 Å². The lowest BCUT2D eigenvalue weighted by Crippen LogP contribution is -2.44. The molecular formula is C11H20ClNO. The third-order valence-electron chi connectivity index (χ3n) is 3.48. The highest BCUT2D eigenvalue weighted by atomic mass is 35.5. The lowest BCUT2D eigenvalue weighted by atomic mass is 9.78. The van der Waals surface area contributed by atoms with Crippen LogP contribution in [0.4, 0.5) is 0 Å². The minimum atomic E-state index is -0.374. The predicted molar refractivity (Wildman–Crippen MR) is 59.5 cm³/mol. The van der Waals surface area contributed by atoms with Crippen molar-refractivity contribution in [1.29, 1.82) is 0 Å². The van der Waals surface area contributed by atoms with Crippen LogP contribution in [0.5, 0.6) is 0 Å². The first-order valence-electron chi connectivity index (χ1n) is 5.41. The number of carbonyl (C=O) groups is 1. The smallest absolute Gasteiger partial charge is 0.240 e. The topological polar surface area (TPSA) is 20.3 Å². The van der Waals surface area contributed by atoms with Gasteiger partial charge in [0.05, 0.1) is 0 Å². The molecule has 82 valence electrons. The van der Waals surface area contributed by atoms with E-state index in [0.29, 0.717) is 5.41 Å². The zero-order chi connectivity index (χ0) is 10.8. The lowest BCUT2D eigenvalue weighted by Gasteiger charge is -2.39. The van der Waals surface area contributed by atoms with E-state index in [4.69, 9.17) is 11.6 Å². The summed E-state index contributed by atoms with van der Waals surface area (Å²) in [6.45, 7) is 8.03. The summed E-state index contributed by atoms with van der Waals surface area (Å²) in [4.78, 5) is 13.5. The van der Waals surface area contributed by atoms with Crippen LogP contribution < -0.4 is 0 Å². The molecule has 1 fully saturated rings. The van der Waals surface area contributed by atoms with Crippen molar-refractivity contribution in [3.8, 4) is 0 Å². The fourth-order valence-corrected chi connectivity index (χ4v) is 2.01. The summed E-state index contributed by atoms with van der Waals surface area (Å²) in [5, 5.41) is -0.374. The van der Waals surface area contributed by atoms with E-state index in [-0.39, 0.29) is 11.3 Å². The van der Waals surface area contributed by atoms with Gasteiger partial charge in [0.1, 0.15) is 5.38 Å². The van der Waals surface area contributed by atoms with Crippen LogP contribution in [0, 0.1) is 5.41 Å². The van der Waals surface area contributed by atoms with Crippen LogP contribution in [0.3, 0.4) is 0 Å². The highest BCUT2D eigenvalue weighted by Gasteiger charge is 2.31. The molecule has 0 aromatic heterocycles. The molecule has 1 aliphatic rings. The molecule has 1 atom stereocenters. The van der Waals surface area contributed by atoms with E-state index in [0.717, 1.165) is 25.9 Å². The van der Waals surface area contributed by atoms with Crippen molar-refractivity contribution in [2.24, 2.45) is 5.41 Å². The normalized spacial score (nSPS) is 23.3. The number of rotatable bonds is 2. The summed E-state index contributed by atoms with van der Waals surface area (Å²) in [7, 11) is 0. The summed E-state index contributed by atoms with van der Waals surface area (Å²) in [5.74, 6) is 0.0878.